The molecule has 1 heterocycles. The zero-order valence-corrected chi connectivity index (χ0v) is 12.9. The molecule has 1 aromatic heterocycles. The molecular weight excluding hydrogens is 262 g/mol. The fourth-order valence-electron chi connectivity index (χ4n) is 2.85. The van der Waals surface area contributed by atoms with E-state index in [2.05, 4.69) is 29.4 Å². The van der Waals surface area contributed by atoms with Crippen molar-refractivity contribution in [2.24, 2.45) is 5.92 Å². The van der Waals surface area contributed by atoms with Crippen molar-refractivity contribution in [3.05, 3.63) is 30.0 Å². The van der Waals surface area contributed by atoms with Crippen LogP contribution < -0.4 is 4.74 Å². The topological polar surface area (TPSA) is 39.9 Å². The Morgan fingerprint density at radius 1 is 1.33 bits per heavy atom. The van der Waals surface area contributed by atoms with Gasteiger partial charge in [0.1, 0.15) is 11.4 Å². The van der Waals surface area contributed by atoms with Crippen molar-refractivity contribution in [2.45, 2.75) is 45.6 Å². The lowest BCUT2D eigenvalue weighted by atomic mass is 9.85. The molecule has 0 unspecified atom stereocenters. The second-order valence-corrected chi connectivity index (χ2v) is 5.91. The van der Waals surface area contributed by atoms with Gasteiger partial charge in [0.2, 0.25) is 0 Å². The molecule has 112 valence electrons. The summed E-state index contributed by atoms with van der Waals surface area (Å²) in [5.41, 5.74) is 3.27. The Kier molecular flexibility index (Phi) is 4.23. The molecule has 4 heteroatoms. The standard InChI is InChI=1S/C17H23N3O/c1-3-5-13-8-9-17(21-2)15(10-13)16-12-20(19-18-16)11-14-6-4-7-14/h8-10,12,14H,3-7,11H2,1-2H3. The molecule has 1 aliphatic carbocycles. The van der Waals surface area contributed by atoms with Gasteiger partial charge in [-0.05, 0) is 42.9 Å². The Morgan fingerprint density at radius 2 is 2.19 bits per heavy atom. The lowest BCUT2D eigenvalue weighted by Gasteiger charge is -2.24. The van der Waals surface area contributed by atoms with E-state index in [1.807, 2.05) is 16.9 Å². The van der Waals surface area contributed by atoms with Crippen LogP contribution in [0.2, 0.25) is 0 Å². The summed E-state index contributed by atoms with van der Waals surface area (Å²) in [6.45, 7) is 3.18. The van der Waals surface area contributed by atoms with E-state index in [9.17, 15) is 0 Å². The van der Waals surface area contributed by atoms with Gasteiger partial charge in [-0.1, -0.05) is 31.0 Å². The van der Waals surface area contributed by atoms with E-state index in [1.54, 1.807) is 7.11 Å². The zero-order chi connectivity index (χ0) is 14.7. The number of ether oxygens (including phenoxy) is 1. The average Bonchev–Trinajstić information content (AvgIpc) is 2.92. The molecular formula is C17H23N3O. The summed E-state index contributed by atoms with van der Waals surface area (Å²) in [5, 5.41) is 8.62. The molecule has 1 saturated carbocycles. The van der Waals surface area contributed by atoms with Crippen molar-refractivity contribution in [1.82, 2.24) is 15.0 Å². The summed E-state index contributed by atoms with van der Waals surface area (Å²) in [6, 6.07) is 6.34. The van der Waals surface area contributed by atoms with Crippen LogP contribution in [0.15, 0.2) is 24.4 Å². The van der Waals surface area contributed by atoms with Gasteiger partial charge in [-0.25, -0.2) is 0 Å². The smallest absolute Gasteiger partial charge is 0.128 e. The molecule has 1 fully saturated rings. The number of aromatic nitrogens is 3. The van der Waals surface area contributed by atoms with E-state index in [4.69, 9.17) is 4.74 Å². The summed E-state index contributed by atoms with van der Waals surface area (Å²) < 4.78 is 7.46. The van der Waals surface area contributed by atoms with Crippen molar-refractivity contribution >= 4 is 0 Å². The molecule has 0 bridgehead atoms. The van der Waals surface area contributed by atoms with Gasteiger partial charge in [-0.2, -0.15) is 0 Å². The summed E-state index contributed by atoms with van der Waals surface area (Å²) in [6.07, 6.45) is 8.27. The predicted octanol–water partition coefficient (Wildman–Crippen LogP) is 3.71. The van der Waals surface area contributed by atoms with Crippen LogP contribution in [0.25, 0.3) is 11.3 Å². The van der Waals surface area contributed by atoms with Gasteiger partial charge < -0.3 is 4.74 Å². The number of hydrogen-bond donors (Lipinski definition) is 0. The van der Waals surface area contributed by atoms with Crippen LogP contribution >= 0.6 is 0 Å². The first-order valence-electron chi connectivity index (χ1n) is 7.87. The maximum Gasteiger partial charge on any atom is 0.128 e. The molecule has 3 rings (SSSR count). The molecule has 0 saturated heterocycles. The number of nitrogens with zero attached hydrogens (tertiary/aromatic N) is 3. The molecule has 0 radical (unpaired) electrons. The third-order valence-corrected chi connectivity index (χ3v) is 4.29. The highest BCUT2D eigenvalue weighted by atomic mass is 16.5. The van der Waals surface area contributed by atoms with Crippen molar-refractivity contribution in [2.75, 3.05) is 7.11 Å². The van der Waals surface area contributed by atoms with Gasteiger partial charge in [0, 0.05) is 12.1 Å². The Morgan fingerprint density at radius 3 is 2.86 bits per heavy atom. The van der Waals surface area contributed by atoms with Gasteiger partial charge in [0.15, 0.2) is 0 Å². The van der Waals surface area contributed by atoms with Gasteiger partial charge in [0.25, 0.3) is 0 Å². The highest BCUT2D eigenvalue weighted by molar-refractivity contribution is 5.67. The Bertz CT molecular complexity index is 602. The minimum atomic E-state index is 0.785. The van der Waals surface area contributed by atoms with Crippen LogP contribution in [0.4, 0.5) is 0 Å². The quantitative estimate of drug-likeness (QED) is 0.812. The van der Waals surface area contributed by atoms with E-state index in [1.165, 1.54) is 24.8 Å². The van der Waals surface area contributed by atoms with E-state index in [0.29, 0.717) is 0 Å². The molecule has 0 aliphatic heterocycles. The van der Waals surface area contributed by atoms with E-state index >= 15 is 0 Å². The lowest BCUT2D eigenvalue weighted by molar-refractivity contribution is 0.264. The summed E-state index contributed by atoms with van der Waals surface area (Å²) in [7, 11) is 1.71. The summed E-state index contributed by atoms with van der Waals surface area (Å²) >= 11 is 0. The molecule has 0 atom stereocenters. The molecule has 0 N–H and O–H groups in total. The van der Waals surface area contributed by atoms with Crippen LogP contribution in [0, 0.1) is 5.92 Å². The van der Waals surface area contributed by atoms with E-state index < -0.39 is 0 Å². The predicted molar refractivity (Wildman–Crippen MR) is 83.3 cm³/mol. The van der Waals surface area contributed by atoms with E-state index in [0.717, 1.165) is 42.3 Å². The number of hydrogen-bond acceptors (Lipinski definition) is 3. The molecule has 1 aliphatic rings. The average molecular weight is 285 g/mol. The monoisotopic (exact) mass is 285 g/mol. The highest BCUT2D eigenvalue weighted by Crippen LogP contribution is 2.31. The molecule has 0 amide bonds. The third kappa shape index (κ3) is 3.09. The Balaban J connectivity index is 1.85. The van der Waals surface area contributed by atoms with Gasteiger partial charge in [-0.3, -0.25) is 4.68 Å². The van der Waals surface area contributed by atoms with Gasteiger partial charge >= 0.3 is 0 Å². The Labute approximate surface area is 126 Å². The number of methoxy groups -OCH3 is 1. The Hall–Kier alpha value is -1.84. The largest absolute Gasteiger partial charge is 0.496 e. The van der Waals surface area contributed by atoms with Gasteiger partial charge in [-0.15, -0.1) is 5.10 Å². The molecule has 1 aromatic carbocycles. The van der Waals surface area contributed by atoms with Crippen LogP contribution in [-0.2, 0) is 13.0 Å². The van der Waals surface area contributed by atoms with Crippen molar-refractivity contribution in [1.29, 1.82) is 0 Å². The van der Waals surface area contributed by atoms with Crippen LogP contribution in [-0.4, -0.2) is 22.1 Å². The SMILES string of the molecule is CCCc1ccc(OC)c(-c2cn(CC3CCC3)nn2)c1. The maximum atomic E-state index is 5.48. The summed E-state index contributed by atoms with van der Waals surface area (Å²) in [4.78, 5) is 0. The molecule has 2 aromatic rings. The summed E-state index contributed by atoms with van der Waals surface area (Å²) in [5.74, 6) is 1.65. The second kappa shape index (κ2) is 6.29. The van der Waals surface area contributed by atoms with Crippen molar-refractivity contribution < 1.29 is 4.74 Å². The number of benzene rings is 1. The zero-order valence-electron chi connectivity index (χ0n) is 12.9. The van der Waals surface area contributed by atoms with Crippen molar-refractivity contribution in [3.8, 4) is 17.0 Å². The van der Waals surface area contributed by atoms with E-state index in [-0.39, 0.29) is 0 Å². The third-order valence-electron chi connectivity index (χ3n) is 4.29. The maximum absolute atomic E-state index is 5.48. The molecule has 21 heavy (non-hydrogen) atoms. The van der Waals surface area contributed by atoms with Crippen molar-refractivity contribution in [3.63, 3.8) is 0 Å². The minimum Gasteiger partial charge on any atom is -0.496 e. The van der Waals surface area contributed by atoms with Crippen LogP contribution in [0.5, 0.6) is 5.75 Å². The number of rotatable bonds is 6. The normalized spacial score (nSPS) is 15.0. The first-order chi connectivity index (χ1) is 10.3. The van der Waals surface area contributed by atoms with Gasteiger partial charge in [0.05, 0.1) is 13.3 Å². The highest BCUT2D eigenvalue weighted by Gasteiger charge is 2.19. The fraction of sp³-hybridized carbons (Fsp3) is 0.529. The first-order valence-corrected chi connectivity index (χ1v) is 7.87. The second-order valence-electron chi connectivity index (χ2n) is 5.91. The number of aryl methyl sites for hydroxylation is 1. The minimum absolute atomic E-state index is 0.785. The molecule has 0 spiro atoms. The van der Waals surface area contributed by atoms with Crippen LogP contribution in [0.1, 0.15) is 38.2 Å². The molecule has 4 nitrogen and oxygen atoms in total. The van der Waals surface area contributed by atoms with Crippen LogP contribution in [0.3, 0.4) is 0 Å². The fourth-order valence-corrected chi connectivity index (χ4v) is 2.85. The first kappa shape index (κ1) is 14.1. The lowest BCUT2D eigenvalue weighted by Crippen LogP contribution is -2.18.